The maximum Gasteiger partial charge on any atom is 0.410 e. The van der Waals surface area contributed by atoms with Crippen molar-refractivity contribution in [2.75, 3.05) is 39.3 Å². The third kappa shape index (κ3) is 5.37. The predicted molar refractivity (Wildman–Crippen MR) is 89.3 cm³/mol. The van der Waals surface area contributed by atoms with Gasteiger partial charge in [-0.25, -0.2) is 4.79 Å². The van der Waals surface area contributed by atoms with Crippen LogP contribution in [0.5, 0.6) is 0 Å². The highest BCUT2D eigenvalue weighted by atomic mass is 16.6. The SMILES string of the molecule is CC(=O)N1CCN(CC2CCCCN2C(=O)OC(C)(C)C)CC1. The zero-order chi connectivity index (χ0) is 17.0. The Morgan fingerprint density at radius 1 is 1.04 bits per heavy atom. The molecule has 1 atom stereocenters. The first-order valence-corrected chi connectivity index (χ1v) is 8.74. The van der Waals surface area contributed by atoms with E-state index >= 15 is 0 Å². The van der Waals surface area contributed by atoms with Crippen LogP contribution in [-0.2, 0) is 9.53 Å². The Morgan fingerprint density at radius 2 is 1.70 bits per heavy atom. The number of piperazine rings is 1. The van der Waals surface area contributed by atoms with Crippen LogP contribution < -0.4 is 0 Å². The molecule has 1 unspecified atom stereocenters. The van der Waals surface area contributed by atoms with Crippen LogP contribution >= 0.6 is 0 Å². The fraction of sp³-hybridized carbons (Fsp3) is 0.882. The number of nitrogens with zero attached hydrogens (tertiary/aromatic N) is 3. The zero-order valence-electron chi connectivity index (χ0n) is 15.0. The van der Waals surface area contributed by atoms with Crippen LogP contribution in [0.25, 0.3) is 0 Å². The number of rotatable bonds is 2. The van der Waals surface area contributed by atoms with Gasteiger partial charge in [-0.3, -0.25) is 9.69 Å². The first kappa shape index (κ1) is 18.0. The minimum absolute atomic E-state index is 0.151. The van der Waals surface area contributed by atoms with Gasteiger partial charge < -0.3 is 14.5 Å². The van der Waals surface area contributed by atoms with Crippen LogP contribution in [0.4, 0.5) is 4.79 Å². The van der Waals surface area contributed by atoms with Crippen molar-refractivity contribution in [1.29, 1.82) is 0 Å². The molecule has 6 nitrogen and oxygen atoms in total. The molecule has 132 valence electrons. The van der Waals surface area contributed by atoms with Crippen LogP contribution in [0, 0.1) is 0 Å². The molecule has 6 heteroatoms. The van der Waals surface area contributed by atoms with Crippen LogP contribution in [0.15, 0.2) is 0 Å². The highest BCUT2D eigenvalue weighted by Gasteiger charge is 2.32. The Labute approximate surface area is 139 Å². The van der Waals surface area contributed by atoms with Gasteiger partial charge >= 0.3 is 6.09 Å². The molecule has 0 spiro atoms. The molecule has 0 N–H and O–H groups in total. The van der Waals surface area contributed by atoms with E-state index in [-0.39, 0.29) is 18.0 Å². The second kappa shape index (κ2) is 7.51. The van der Waals surface area contributed by atoms with E-state index in [1.54, 1.807) is 6.92 Å². The first-order valence-electron chi connectivity index (χ1n) is 8.74. The standard InChI is InChI=1S/C17H31N3O3/c1-14(21)19-11-9-18(10-12-19)13-15-7-5-6-8-20(15)16(22)23-17(2,3)4/h15H,5-13H2,1-4H3. The summed E-state index contributed by atoms with van der Waals surface area (Å²) in [6.07, 6.45) is 3.06. The van der Waals surface area contributed by atoms with E-state index in [4.69, 9.17) is 4.74 Å². The van der Waals surface area contributed by atoms with Gasteiger partial charge in [0.15, 0.2) is 0 Å². The quantitative estimate of drug-likeness (QED) is 0.778. The third-order valence-corrected chi connectivity index (χ3v) is 4.54. The number of hydrogen-bond acceptors (Lipinski definition) is 4. The second-order valence-electron chi connectivity index (χ2n) is 7.63. The lowest BCUT2D eigenvalue weighted by molar-refractivity contribution is -0.130. The smallest absolute Gasteiger partial charge is 0.410 e. The predicted octanol–water partition coefficient (Wildman–Crippen LogP) is 1.94. The van der Waals surface area contributed by atoms with E-state index in [1.165, 1.54) is 0 Å². The number of carbonyl (C=O) groups excluding carboxylic acids is 2. The van der Waals surface area contributed by atoms with Gasteiger partial charge in [-0.05, 0) is 40.0 Å². The molecule has 2 fully saturated rings. The van der Waals surface area contributed by atoms with E-state index in [0.717, 1.165) is 58.5 Å². The summed E-state index contributed by atoms with van der Waals surface area (Å²) in [5.41, 5.74) is -0.452. The molecule has 0 aromatic rings. The molecule has 0 aromatic heterocycles. The second-order valence-corrected chi connectivity index (χ2v) is 7.63. The lowest BCUT2D eigenvalue weighted by atomic mass is 10.0. The summed E-state index contributed by atoms with van der Waals surface area (Å²) in [5, 5.41) is 0. The molecule has 2 saturated heterocycles. The van der Waals surface area contributed by atoms with Gasteiger partial charge in [0.05, 0.1) is 0 Å². The van der Waals surface area contributed by atoms with Gasteiger partial charge in [-0.2, -0.15) is 0 Å². The van der Waals surface area contributed by atoms with E-state index < -0.39 is 5.60 Å². The van der Waals surface area contributed by atoms with E-state index in [0.29, 0.717) is 0 Å². The highest BCUT2D eigenvalue weighted by Crippen LogP contribution is 2.21. The summed E-state index contributed by atoms with van der Waals surface area (Å²) in [6, 6.07) is 0.225. The van der Waals surface area contributed by atoms with Crippen molar-refractivity contribution in [1.82, 2.24) is 14.7 Å². The molecule has 2 aliphatic heterocycles. The van der Waals surface area contributed by atoms with E-state index in [1.807, 2.05) is 30.6 Å². The number of amides is 2. The van der Waals surface area contributed by atoms with Crippen molar-refractivity contribution in [3.63, 3.8) is 0 Å². The summed E-state index contributed by atoms with van der Waals surface area (Å²) in [6.45, 7) is 12.4. The molecule has 23 heavy (non-hydrogen) atoms. The van der Waals surface area contributed by atoms with Crippen molar-refractivity contribution in [2.45, 2.75) is 58.6 Å². The lowest BCUT2D eigenvalue weighted by Gasteiger charge is -2.41. The van der Waals surface area contributed by atoms with Gasteiger partial charge in [0, 0.05) is 52.2 Å². The fourth-order valence-corrected chi connectivity index (χ4v) is 3.29. The van der Waals surface area contributed by atoms with Gasteiger partial charge in [0.2, 0.25) is 5.91 Å². The van der Waals surface area contributed by atoms with E-state index in [2.05, 4.69) is 4.90 Å². The first-order chi connectivity index (χ1) is 10.8. The number of piperidine rings is 1. The van der Waals surface area contributed by atoms with Crippen molar-refractivity contribution in [2.24, 2.45) is 0 Å². The van der Waals surface area contributed by atoms with Gasteiger partial charge in [0.25, 0.3) is 0 Å². The molecule has 0 radical (unpaired) electrons. The number of carbonyl (C=O) groups is 2. The highest BCUT2D eigenvalue weighted by molar-refractivity contribution is 5.73. The molecule has 2 aliphatic rings. The number of ether oxygens (including phenoxy) is 1. The van der Waals surface area contributed by atoms with Gasteiger partial charge in [-0.1, -0.05) is 0 Å². The molecule has 0 saturated carbocycles. The van der Waals surface area contributed by atoms with Crippen LogP contribution in [0.2, 0.25) is 0 Å². The Hall–Kier alpha value is -1.30. The fourth-order valence-electron chi connectivity index (χ4n) is 3.29. The molecule has 0 bridgehead atoms. The van der Waals surface area contributed by atoms with Crippen LogP contribution in [0.1, 0.15) is 47.0 Å². The molecule has 2 rings (SSSR count). The van der Waals surface area contributed by atoms with Crippen molar-refractivity contribution in [3.05, 3.63) is 0 Å². The Bertz CT molecular complexity index is 425. The van der Waals surface area contributed by atoms with Crippen LogP contribution in [0.3, 0.4) is 0 Å². The largest absolute Gasteiger partial charge is 0.444 e. The summed E-state index contributed by atoms with van der Waals surface area (Å²) in [5.74, 6) is 0.151. The average Bonchev–Trinajstić information content (AvgIpc) is 2.46. The monoisotopic (exact) mass is 325 g/mol. The molecular weight excluding hydrogens is 294 g/mol. The van der Waals surface area contributed by atoms with Crippen molar-refractivity contribution < 1.29 is 14.3 Å². The molecule has 2 amide bonds. The third-order valence-electron chi connectivity index (χ3n) is 4.54. The molecule has 0 aromatic carbocycles. The zero-order valence-corrected chi connectivity index (χ0v) is 15.0. The summed E-state index contributed by atoms with van der Waals surface area (Å²) >= 11 is 0. The summed E-state index contributed by atoms with van der Waals surface area (Å²) in [7, 11) is 0. The number of likely N-dealkylation sites (tertiary alicyclic amines) is 1. The number of hydrogen-bond donors (Lipinski definition) is 0. The van der Waals surface area contributed by atoms with Gasteiger partial charge in [-0.15, -0.1) is 0 Å². The summed E-state index contributed by atoms with van der Waals surface area (Å²) < 4.78 is 5.56. The Morgan fingerprint density at radius 3 is 2.26 bits per heavy atom. The molecule has 0 aliphatic carbocycles. The summed E-state index contributed by atoms with van der Waals surface area (Å²) in [4.78, 5) is 30.0. The average molecular weight is 325 g/mol. The minimum Gasteiger partial charge on any atom is -0.444 e. The topological polar surface area (TPSA) is 53.1 Å². The van der Waals surface area contributed by atoms with Crippen molar-refractivity contribution >= 4 is 12.0 Å². The molecule has 2 heterocycles. The Balaban J connectivity index is 1.89. The lowest BCUT2D eigenvalue weighted by Crippen LogP contribution is -2.55. The van der Waals surface area contributed by atoms with Crippen molar-refractivity contribution in [3.8, 4) is 0 Å². The maximum atomic E-state index is 12.4. The molecular formula is C17H31N3O3. The minimum atomic E-state index is -0.452. The van der Waals surface area contributed by atoms with Gasteiger partial charge in [0.1, 0.15) is 5.60 Å². The Kier molecular flexibility index (Phi) is 5.89. The maximum absolute atomic E-state index is 12.4. The normalized spacial score (nSPS) is 23.7. The van der Waals surface area contributed by atoms with E-state index in [9.17, 15) is 9.59 Å². The van der Waals surface area contributed by atoms with Crippen LogP contribution in [-0.4, -0.2) is 77.6 Å².